The third kappa shape index (κ3) is 3.67. The Morgan fingerprint density at radius 2 is 2.00 bits per heavy atom. The van der Waals surface area contributed by atoms with Gasteiger partial charge >= 0.3 is 0 Å². The van der Waals surface area contributed by atoms with Gasteiger partial charge in [0.15, 0.2) is 0 Å². The van der Waals surface area contributed by atoms with Crippen LogP contribution in [0.15, 0.2) is 22.7 Å². The van der Waals surface area contributed by atoms with Crippen LogP contribution in [-0.4, -0.2) is 60.2 Å². The van der Waals surface area contributed by atoms with Crippen LogP contribution in [0.1, 0.15) is 40.0 Å². The number of fused-ring (bicyclic) bond motifs is 1. The zero-order valence-electron chi connectivity index (χ0n) is 13.5. The van der Waals surface area contributed by atoms with Gasteiger partial charge in [-0.25, -0.2) is 0 Å². The molecule has 1 fully saturated rings. The molecular weight excluding hydrogens is 374 g/mol. The minimum atomic E-state index is -0.336. The summed E-state index contributed by atoms with van der Waals surface area (Å²) in [5.41, 5.74) is 0.788. The molecule has 1 N–H and O–H groups in total. The van der Waals surface area contributed by atoms with Gasteiger partial charge in [0, 0.05) is 36.6 Å². The Hall–Kier alpha value is -1.73. The molecule has 0 radical (unpaired) electrons. The Labute approximate surface area is 149 Å². The second-order valence-electron chi connectivity index (χ2n) is 6.26. The van der Waals surface area contributed by atoms with Crippen molar-refractivity contribution in [1.82, 2.24) is 15.1 Å². The Kier molecular flexibility index (Phi) is 5.01. The van der Waals surface area contributed by atoms with Crippen molar-refractivity contribution in [2.45, 2.75) is 25.3 Å². The predicted octanol–water partition coefficient (Wildman–Crippen LogP) is 1.65. The minimum absolute atomic E-state index is 0.105. The second kappa shape index (κ2) is 7.03. The Morgan fingerprint density at radius 3 is 2.71 bits per heavy atom. The molecule has 3 amide bonds. The number of benzene rings is 1. The van der Waals surface area contributed by atoms with E-state index in [1.54, 1.807) is 18.2 Å². The van der Waals surface area contributed by atoms with E-state index < -0.39 is 0 Å². The number of hydrogen-bond donors (Lipinski definition) is 1. The first-order valence-corrected chi connectivity index (χ1v) is 8.89. The molecule has 7 heteroatoms. The zero-order valence-corrected chi connectivity index (χ0v) is 15.1. The molecule has 0 unspecified atom stereocenters. The van der Waals surface area contributed by atoms with Crippen molar-refractivity contribution in [1.29, 1.82) is 0 Å². The summed E-state index contributed by atoms with van der Waals surface area (Å²) in [6, 6.07) is 5.67. The van der Waals surface area contributed by atoms with Gasteiger partial charge in [-0.15, -0.1) is 0 Å². The number of halogens is 1. The van der Waals surface area contributed by atoms with Crippen molar-refractivity contribution < 1.29 is 14.4 Å². The number of amides is 3. The highest BCUT2D eigenvalue weighted by atomic mass is 79.9. The number of rotatable bonds is 7. The summed E-state index contributed by atoms with van der Waals surface area (Å²) in [5.74, 6) is -0.807. The van der Waals surface area contributed by atoms with Crippen molar-refractivity contribution in [2.24, 2.45) is 0 Å². The maximum absolute atomic E-state index is 12.3. The van der Waals surface area contributed by atoms with Crippen LogP contribution in [0.25, 0.3) is 0 Å². The lowest BCUT2D eigenvalue weighted by atomic mass is 10.1. The molecule has 0 spiro atoms. The highest BCUT2D eigenvalue weighted by molar-refractivity contribution is 9.10. The van der Waals surface area contributed by atoms with Gasteiger partial charge in [0.1, 0.15) is 0 Å². The van der Waals surface area contributed by atoms with Gasteiger partial charge in [0.05, 0.1) is 11.1 Å². The van der Waals surface area contributed by atoms with Crippen LogP contribution in [0.5, 0.6) is 0 Å². The van der Waals surface area contributed by atoms with E-state index in [1.165, 1.54) is 12.8 Å². The minimum Gasteiger partial charge on any atom is -0.355 e. The number of hydrogen-bond acceptors (Lipinski definition) is 4. The average Bonchev–Trinajstić information content (AvgIpc) is 3.36. The van der Waals surface area contributed by atoms with Crippen molar-refractivity contribution in [3.8, 4) is 0 Å². The molecule has 0 atom stereocenters. The molecule has 0 saturated heterocycles. The molecule has 1 saturated carbocycles. The van der Waals surface area contributed by atoms with Crippen LogP contribution >= 0.6 is 15.9 Å². The number of likely N-dealkylation sites (N-methyl/N-ethyl adjacent to an activating group) is 1. The molecular formula is C17H20BrN3O3. The summed E-state index contributed by atoms with van der Waals surface area (Å²) < 4.78 is 0.752. The first-order valence-electron chi connectivity index (χ1n) is 8.10. The summed E-state index contributed by atoms with van der Waals surface area (Å²) in [7, 11) is 2.06. The Morgan fingerprint density at radius 1 is 1.29 bits per heavy atom. The smallest absolute Gasteiger partial charge is 0.261 e. The third-order valence-electron chi connectivity index (χ3n) is 4.45. The summed E-state index contributed by atoms with van der Waals surface area (Å²) in [5, 5.41) is 2.84. The van der Waals surface area contributed by atoms with E-state index in [9.17, 15) is 14.4 Å². The van der Waals surface area contributed by atoms with E-state index in [0.717, 1.165) is 15.9 Å². The molecule has 3 rings (SSSR count). The lowest BCUT2D eigenvalue weighted by Gasteiger charge is -2.16. The molecule has 1 heterocycles. The summed E-state index contributed by atoms with van der Waals surface area (Å²) >= 11 is 3.30. The molecule has 0 bridgehead atoms. The lowest BCUT2D eigenvalue weighted by molar-refractivity contribution is -0.121. The topological polar surface area (TPSA) is 69.7 Å². The van der Waals surface area contributed by atoms with E-state index in [-0.39, 0.29) is 30.7 Å². The molecule has 128 valence electrons. The molecule has 0 aromatic heterocycles. The van der Waals surface area contributed by atoms with Crippen molar-refractivity contribution in [3.05, 3.63) is 33.8 Å². The van der Waals surface area contributed by atoms with Crippen molar-refractivity contribution in [3.63, 3.8) is 0 Å². The van der Waals surface area contributed by atoms with Crippen LogP contribution in [0, 0.1) is 0 Å². The average molecular weight is 394 g/mol. The van der Waals surface area contributed by atoms with E-state index in [4.69, 9.17) is 0 Å². The first kappa shape index (κ1) is 17.1. The summed E-state index contributed by atoms with van der Waals surface area (Å²) in [4.78, 5) is 39.9. The Balaban J connectivity index is 1.47. The number of carbonyl (C=O) groups excluding carboxylic acids is 3. The van der Waals surface area contributed by atoms with Gasteiger partial charge < -0.3 is 10.2 Å². The normalized spacial score (nSPS) is 16.7. The lowest BCUT2D eigenvalue weighted by Crippen LogP contribution is -2.37. The maximum Gasteiger partial charge on any atom is 0.261 e. The Bertz CT molecular complexity index is 688. The molecule has 2 aliphatic rings. The zero-order chi connectivity index (χ0) is 17.3. The van der Waals surface area contributed by atoms with Crippen molar-refractivity contribution in [2.75, 3.05) is 26.7 Å². The van der Waals surface area contributed by atoms with Gasteiger partial charge in [0.2, 0.25) is 5.91 Å². The SMILES string of the molecule is CN(CCNC(=O)CCN1C(=O)c2ccc(Br)cc2C1=O)C1CC1. The van der Waals surface area contributed by atoms with E-state index in [2.05, 4.69) is 33.2 Å². The van der Waals surface area contributed by atoms with Gasteiger partial charge in [-0.1, -0.05) is 15.9 Å². The number of nitrogens with one attached hydrogen (secondary N) is 1. The van der Waals surface area contributed by atoms with Crippen LogP contribution in [0.2, 0.25) is 0 Å². The van der Waals surface area contributed by atoms with Crippen LogP contribution < -0.4 is 5.32 Å². The molecule has 6 nitrogen and oxygen atoms in total. The maximum atomic E-state index is 12.3. The van der Waals surface area contributed by atoms with E-state index >= 15 is 0 Å². The number of carbonyl (C=O) groups is 3. The monoisotopic (exact) mass is 393 g/mol. The van der Waals surface area contributed by atoms with Crippen LogP contribution in [0.4, 0.5) is 0 Å². The standard InChI is InChI=1S/C17H20BrN3O3/c1-20(12-3-4-12)9-7-19-15(22)6-8-21-16(23)13-5-2-11(18)10-14(13)17(21)24/h2,5,10,12H,3-4,6-9H2,1H3,(H,19,22). The third-order valence-corrected chi connectivity index (χ3v) is 4.95. The van der Waals surface area contributed by atoms with Crippen LogP contribution in [0.3, 0.4) is 0 Å². The number of imide groups is 1. The van der Waals surface area contributed by atoms with Gasteiger partial charge in [-0.2, -0.15) is 0 Å². The van der Waals surface area contributed by atoms with Gasteiger partial charge in [-0.3, -0.25) is 19.3 Å². The first-order chi connectivity index (χ1) is 11.5. The largest absolute Gasteiger partial charge is 0.355 e. The van der Waals surface area contributed by atoms with Gasteiger partial charge in [0.25, 0.3) is 11.8 Å². The quantitative estimate of drug-likeness (QED) is 0.714. The fourth-order valence-electron chi connectivity index (χ4n) is 2.84. The summed E-state index contributed by atoms with van der Waals surface area (Å²) in [6.07, 6.45) is 2.60. The molecule has 24 heavy (non-hydrogen) atoms. The summed E-state index contributed by atoms with van der Waals surface area (Å²) in [6.45, 7) is 1.51. The number of nitrogens with zero attached hydrogens (tertiary/aromatic N) is 2. The fraction of sp³-hybridized carbons (Fsp3) is 0.471. The highest BCUT2D eigenvalue weighted by Gasteiger charge is 2.35. The predicted molar refractivity (Wildman–Crippen MR) is 92.8 cm³/mol. The van der Waals surface area contributed by atoms with Crippen LogP contribution in [-0.2, 0) is 4.79 Å². The van der Waals surface area contributed by atoms with Crippen molar-refractivity contribution >= 4 is 33.7 Å². The fourth-order valence-corrected chi connectivity index (χ4v) is 3.20. The highest BCUT2D eigenvalue weighted by Crippen LogP contribution is 2.26. The molecule has 1 aliphatic carbocycles. The second-order valence-corrected chi connectivity index (χ2v) is 7.18. The van der Waals surface area contributed by atoms with E-state index in [0.29, 0.717) is 23.7 Å². The molecule has 1 aliphatic heterocycles. The van der Waals surface area contributed by atoms with Gasteiger partial charge in [-0.05, 0) is 38.1 Å². The molecule has 1 aromatic rings. The van der Waals surface area contributed by atoms with E-state index in [1.807, 2.05) is 0 Å². The molecule has 1 aromatic carbocycles.